The summed E-state index contributed by atoms with van der Waals surface area (Å²) in [4.78, 5) is 22.5. The number of nitrogens with zero attached hydrogens (tertiary/aromatic N) is 7. The molecule has 7 rings (SSSR count). The first-order valence-corrected chi connectivity index (χ1v) is 13.9. The lowest BCUT2D eigenvalue weighted by Crippen LogP contribution is -2.47. The molecule has 3 aromatic heterocycles. The van der Waals surface area contributed by atoms with Crippen molar-refractivity contribution >= 4 is 16.9 Å². The number of amides is 1. The van der Waals surface area contributed by atoms with Crippen LogP contribution in [0.25, 0.3) is 33.4 Å². The van der Waals surface area contributed by atoms with E-state index in [2.05, 4.69) is 49.7 Å². The lowest BCUT2D eigenvalue weighted by molar-refractivity contribution is -0.130. The van der Waals surface area contributed by atoms with Crippen molar-refractivity contribution in [3.05, 3.63) is 60.6 Å². The molecule has 0 radical (unpaired) electrons. The van der Waals surface area contributed by atoms with Crippen molar-refractivity contribution in [2.24, 2.45) is 5.92 Å². The van der Waals surface area contributed by atoms with Crippen LogP contribution in [0.4, 0.5) is 0 Å². The van der Waals surface area contributed by atoms with Crippen molar-refractivity contribution < 1.29 is 9.42 Å². The molecule has 0 unspecified atom stereocenters. The maximum absolute atomic E-state index is 13.7. The smallest absolute Gasteiger partial charge is 0.246 e. The number of pyridine rings is 1. The molecule has 5 heterocycles. The molecule has 1 aromatic carbocycles. The van der Waals surface area contributed by atoms with Crippen LogP contribution in [0.5, 0.6) is 0 Å². The SMILES string of the molecule is CC1(C)CCCN1C/C=C/C(=O)N1Cc2c(-c3ccncc3)c(-c3ccc4nonc4c3)nn2C[C@@H]1C1CC1. The van der Waals surface area contributed by atoms with E-state index in [1.54, 1.807) is 18.5 Å². The van der Waals surface area contributed by atoms with Crippen molar-refractivity contribution in [2.45, 2.75) is 64.2 Å². The molecule has 39 heavy (non-hydrogen) atoms. The molecule has 9 heteroatoms. The highest BCUT2D eigenvalue weighted by Crippen LogP contribution is 2.42. The zero-order valence-electron chi connectivity index (χ0n) is 22.5. The van der Waals surface area contributed by atoms with E-state index < -0.39 is 0 Å². The van der Waals surface area contributed by atoms with Crippen molar-refractivity contribution in [3.63, 3.8) is 0 Å². The van der Waals surface area contributed by atoms with Gasteiger partial charge in [-0.05, 0) is 92.1 Å². The number of aromatic nitrogens is 5. The second-order valence-electron chi connectivity index (χ2n) is 11.7. The number of hydrogen-bond donors (Lipinski definition) is 0. The minimum Gasteiger partial charge on any atom is -0.328 e. The molecular formula is C30H33N7O2. The largest absolute Gasteiger partial charge is 0.328 e. The minimum atomic E-state index is 0.0914. The van der Waals surface area contributed by atoms with Crippen LogP contribution in [0.1, 0.15) is 45.2 Å². The molecule has 2 aliphatic heterocycles. The Balaban J connectivity index is 1.24. The predicted octanol–water partition coefficient (Wildman–Crippen LogP) is 4.70. The molecule has 0 N–H and O–H groups in total. The molecule has 1 atom stereocenters. The first-order chi connectivity index (χ1) is 19.0. The standard InChI is InChI=1S/C30H33N7O2/c1-30(2)12-4-16-35(30)15-3-5-27(38)36-18-26-28(21-10-13-31-14-11-21)29(32-37(26)19-25(36)20-6-7-20)22-8-9-23-24(17-22)34-39-33-23/h3,5,8-11,13-14,17,20,25H,4,6-7,12,15-16,18-19H2,1-2H3/b5-3+/t25-/m1/s1. The summed E-state index contributed by atoms with van der Waals surface area (Å²) in [5.41, 5.74) is 6.53. The highest BCUT2D eigenvalue weighted by atomic mass is 16.6. The van der Waals surface area contributed by atoms with E-state index in [1.807, 2.05) is 30.3 Å². The molecule has 200 valence electrons. The first kappa shape index (κ1) is 24.2. The van der Waals surface area contributed by atoms with Crippen molar-refractivity contribution in [1.29, 1.82) is 0 Å². The minimum absolute atomic E-state index is 0.0914. The zero-order chi connectivity index (χ0) is 26.6. The molecule has 0 spiro atoms. The van der Waals surface area contributed by atoms with Gasteiger partial charge in [-0.1, -0.05) is 12.1 Å². The molecule has 1 aliphatic carbocycles. The topological polar surface area (TPSA) is 93.2 Å². The number of rotatable bonds is 6. The van der Waals surface area contributed by atoms with Gasteiger partial charge in [-0.3, -0.25) is 19.4 Å². The summed E-state index contributed by atoms with van der Waals surface area (Å²) in [5.74, 6) is 0.622. The summed E-state index contributed by atoms with van der Waals surface area (Å²) in [7, 11) is 0. The Morgan fingerprint density at radius 1 is 1.10 bits per heavy atom. The van der Waals surface area contributed by atoms with Crippen molar-refractivity contribution in [1.82, 2.24) is 34.9 Å². The molecule has 4 aromatic rings. The van der Waals surface area contributed by atoms with Crippen LogP contribution in [0.15, 0.2) is 59.5 Å². The van der Waals surface area contributed by atoms with E-state index in [9.17, 15) is 4.79 Å². The molecule has 1 saturated carbocycles. The van der Waals surface area contributed by atoms with Gasteiger partial charge in [0.25, 0.3) is 0 Å². The van der Waals surface area contributed by atoms with Gasteiger partial charge >= 0.3 is 0 Å². The fraction of sp³-hybridized carbons (Fsp3) is 0.433. The van der Waals surface area contributed by atoms with Gasteiger partial charge < -0.3 is 4.90 Å². The Morgan fingerprint density at radius 3 is 2.69 bits per heavy atom. The quantitative estimate of drug-likeness (QED) is 0.338. The van der Waals surface area contributed by atoms with Gasteiger partial charge in [-0.2, -0.15) is 5.10 Å². The van der Waals surface area contributed by atoms with Gasteiger partial charge in [0.1, 0.15) is 16.7 Å². The molecule has 0 bridgehead atoms. The summed E-state index contributed by atoms with van der Waals surface area (Å²) in [5, 5.41) is 13.1. The van der Waals surface area contributed by atoms with Gasteiger partial charge in [-0.15, -0.1) is 0 Å². The lowest BCUT2D eigenvalue weighted by atomic mass is 9.97. The van der Waals surface area contributed by atoms with E-state index in [1.165, 1.54) is 12.8 Å². The van der Waals surface area contributed by atoms with Gasteiger partial charge in [0.15, 0.2) is 0 Å². The number of likely N-dealkylation sites (tertiary alicyclic amines) is 1. The Kier molecular flexibility index (Phi) is 5.84. The highest BCUT2D eigenvalue weighted by molar-refractivity contribution is 5.90. The monoisotopic (exact) mass is 523 g/mol. The molecule has 1 saturated heterocycles. The number of carbonyl (C=O) groups excluding carboxylic acids is 1. The third-order valence-electron chi connectivity index (χ3n) is 8.74. The van der Waals surface area contributed by atoms with Crippen molar-refractivity contribution in [2.75, 3.05) is 13.1 Å². The number of fused-ring (bicyclic) bond motifs is 2. The molecule has 2 fully saturated rings. The second kappa shape index (κ2) is 9.41. The third kappa shape index (κ3) is 4.44. The first-order valence-electron chi connectivity index (χ1n) is 13.9. The average Bonchev–Trinajstić information content (AvgIpc) is 3.41. The van der Waals surface area contributed by atoms with Gasteiger partial charge in [0.2, 0.25) is 5.91 Å². The molecule has 1 amide bonds. The zero-order valence-corrected chi connectivity index (χ0v) is 22.5. The average molecular weight is 524 g/mol. The predicted molar refractivity (Wildman–Crippen MR) is 147 cm³/mol. The summed E-state index contributed by atoms with van der Waals surface area (Å²) in [6.45, 7) is 7.71. The fourth-order valence-corrected chi connectivity index (χ4v) is 6.32. The summed E-state index contributed by atoms with van der Waals surface area (Å²) < 4.78 is 7.05. The van der Waals surface area contributed by atoms with E-state index in [4.69, 9.17) is 9.73 Å². The van der Waals surface area contributed by atoms with Gasteiger partial charge in [0.05, 0.1) is 24.8 Å². The van der Waals surface area contributed by atoms with Crippen LogP contribution in [-0.2, 0) is 17.9 Å². The molecular weight excluding hydrogens is 490 g/mol. The molecule has 9 nitrogen and oxygen atoms in total. The van der Waals surface area contributed by atoms with E-state index in [0.29, 0.717) is 30.0 Å². The maximum Gasteiger partial charge on any atom is 0.246 e. The van der Waals surface area contributed by atoms with Crippen LogP contribution in [0.2, 0.25) is 0 Å². The maximum atomic E-state index is 13.7. The Labute approximate surface area is 227 Å². The van der Waals surface area contributed by atoms with E-state index in [0.717, 1.165) is 54.0 Å². The Bertz CT molecular complexity index is 1550. The van der Waals surface area contributed by atoms with Crippen LogP contribution < -0.4 is 0 Å². The van der Waals surface area contributed by atoms with Gasteiger partial charge in [-0.25, -0.2) is 4.63 Å². The molecule has 3 aliphatic rings. The number of benzene rings is 1. The van der Waals surface area contributed by atoms with Crippen molar-refractivity contribution in [3.8, 4) is 22.4 Å². The fourth-order valence-electron chi connectivity index (χ4n) is 6.32. The van der Waals surface area contributed by atoms with E-state index in [-0.39, 0.29) is 17.5 Å². The third-order valence-corrected chi connectivity index (χ3v) is 8.74. The Morgan fingerprint density at radius 2 is 1.92 bits per heavy atom. The highest BCUT2D eigenvalue weighted by Gasteiger charge is 2.42. The summed E-state index contributed by atoms with van der Waals surface area (Å²) in [6.07, 6.45) is 12.2. The van der Waals surface area contributed by atoms with Crippen LogP contribution in [-0.4, -0.2) is 65.5 Å². The van der Waals surface area contributed by atoms with E-state index >= 15 is 0 Å². The summed E-state index contributed by atoms with van der Waals surface area (Å²) >= 11 is 0. The van der Waals surface area contributed by atoms with Crippen LogP contribution in [0, 0.1) is 5.92 Å². The summed E-state index contributed by atoms with van der Waals surface area (Å²) in [6, 6.07) is 10.1. The van der Waals surface area contributed by atoms with Gasteiger partial charge in [0, 0.05) is 41.7 Å². The van der Waals surface area contributed by atoms with Crippen LogP contribution in [0.3, 0.4) is 0 Å². The normalized spacial score (nSPS) is 21.2. The van der Waals surface area contributed by atoms with Crippen LogP contribution >= 0.6 is 0 Å². The second-order valence-corrected chi connectivity index (χ2v) is 11.7. The lowest BCUT2D eigenvalue weighted by Gasteiger charge is -2.36. The number of hydrogen-bond acceptors (Lipinski definition) is 7. The number of carbonyl (C=O) groups is 1. The Hall–Kier alpha value is -3.85.